The standard InChI is InChI=1S/C6H14N2/c1-6(2)4-3-5-8-7/h6-7H,3-5H2,1-2H3/p+1. The Kier molecular flexibility index (Phi) is 4.51. The molecule has 0 fully saturated rings. The van der Waals surface area contributed by atoms with Crippen LogP contribution in [-0.4, -0.2) is 6.54 Å². The van der Waals surface area contributed by atoms with E-state index in [1.165, 1.54) is 6.42 Å². The highest BCUT2D eigenvalue weighted by Gasteiger charge is 1.91. The molecule has 0 aliphatic rings. The van der Waals surface area contributed by atoms with Gasteiger partial charge in [-0.2, -0.15) is 5.53 Å². The van der Waals surface area contributed by atoms with Crippen LogP contribution in [-0.2, 0) is 0 Å². The van der Waals surface area contributed by atoms with Gasteiger partial charge in [0, 0.05) is 0 Å². The molecule has 2 heteroatoms. The first-order chi connectivity index (χ1) is 3.77. The Balaban J connectivity index is 2.81. The number of hydrogen-bond donors (Lipinski definition) is 1. The van der Waals surface area contributed by atoms with Crippen molar-refractivity contribution in [3.63, 3.8) is 0 Å². The van der Waals surface area contributed by atoms with Crippen LogP contribution >= 0.6 is 0 Å². The average Bonchev–Trinajstić information content (AvgIpc) is 1.66. The molecule has 2 nitrogen and oxygen atoms in total. The summed E-state index contributed by atoms with van der Waals surface area (Å²) >= 11 is 0. The summed E-state index contributed by atoms with van der Waals surface area (Å²) in [5.74, 6) is 0.789. The summed E-state index contributed by atoms with van der Waals surface area (Å²) in [6.45, 7) is 5.23. The van der Waals surface area contributed by atoms with Gasteiger partial charge in [0.05, 0.1) is 0 Å². The minimum absolute atomic E-state index is 0.789. The number of hydrogen-bond acceptors (Lipinski definition) is 1. The zero-order chi connectivity index (χ0) is 6.41. The fourth-order valence-corrected chi connectivity index (χ4v) is 0.591. The van der Waals surface area contributed by atoms with Gasteiger partial charge in [-0.1, -0.05) is 13.8 Å². The van der Waals surface area contributed by atoms with E-state index in [1.54, 1.807) is 0 Å². The van der Waals surface area contributed by atoms with Crippen LogP contribution in [0.3, 0.4) is 0 Å². The van der Waals surface area contributed by atoms with Crippen molar-refractivity contribution < 1.29 is 5.53 Å². The summed E-state index contributed by atoms with van der Waals surface area (Å²) in [6.07, 6.45) is 2.37. The molecule has 0 saturated heterocycles. The second-order valence-electron chi connectivity index (χ2n) is 2.44. The van der Waals surface area contributed by atoms with Crippen molar-refractivity contribution >= 4 is 0 Å². The number of nitrogens with zero attached hydrogens (tertiary/aromatic N) is 1. The van der Waals surface area contributed by atoms with Gasteiger partial charge in [0.2, 0.25) is 0 Å². The van der Waals surface area contributed by atoms with Crippen LogP contribution in [0.25, 0.3) is 0 Å². The van der Waals surface area contributed by atoms with Gasteiger partial charge in [0.25, 0.3) is 0 Å². The summed E-state index contributed by atoms with van der Waals surface area (Å²) < 4.78 is 0. The topological polar surface area (TPSA) is 38.0 Å². The van der Waals surface area contributed by atoms with Gasteiger partial charge in [-0.3, -0.25) is 0 Å². The van der Waals surface area contributed by atoms with Crippen LogP contribution in [0.2, 0.25) is 0 Å². The largest absolute Gasteiger partial charge is 0.157 e. The maximum atomic E-state index is 4.94. The normalized spacial score (nSPS) is 9.88. The summed E-state index contributed by atoms with van der Waals surface area (Å²) in [5.41, 5.74) is 4.94. The predicted octanol–water partition coefficient (Wildman–Crippen LogP) is 0.634. The maximum Gasteiger partial charge on any atom is 0.101 e. The van der Waals surface area contributed by atoms with E-state index in [9.17, 15) is 0 Å². The zero-order valence-electron chi connectivity index (χ0n) is 5.72. The highest BCUT2D eigenvalue weighted by atomic mass is 14.9. The second-order valence-corrected chi connectivity index (χ2v) is 2.44. The van der Waals surface area contributed by atoms with Crippen LogP contribution in [0, 0.1) is 5.92 Å². The van der Waals surface area contributed by atoms with E-state index < -0.39 is 0 Å². The van der Waals surface area contributed by atoms with Crippen LogP contribution in [0.5, 0.6) is 0 Å². The third kappa shape index (κ3) is 5.60. The lowest BCUT2D eigenvalue weighted by molar-refractivity contribution is -0.222. The molecule has 0 rings (SSSR count). The Hall–Kier alpha value is -0.400. The molecule has 0 bridgehead atoms. The van der Waals surface area contributed by atoms with Gasteiger partial charge in [-0.05, 0) is 23.9 Å². The van der Waals surface area contributed by atoms with Crippen molar-refractivity contribution in [2.75, 3.05) is 6.54 Å². The van der Waals surface area contributed by atoms with Crippen molar-refractivity contribution in [2.45, 2.75) is 26.7 Å². The highest BCUT2D eigenvalue weighted by Crippen LogP contribution is 2.01. The molecule has 2 N–H and O–H groups in total. The SMILES string of the molecule is CC(C)CCCN=[NH2+]. The molecule has 0 saturated carbocycles. The minimum Gasteiger partial charge on any atom is -0.157 e. The fourth-order valence-electron chi connectivity index (χ4n) is 0.591. The molecule has 0 unspecified atom stereocenters. The third-order valence-electron chi connectivity index (χ3n) is 1.07. The van der Waals surface area contributed by atoms with E-state index in [4.69, 9.17) is 5.53 Å². The highest BCUT2D eigenvalue weighted by molar-refractivity contribution is 4.45. The summed E-state index contributed by atoms with van der Waals surface area (Å²) in [5, 5.41) is 3.51. The predicted molar refractivity (Wildman–Crippen MR) is 33.3 cm³/mol. The van der Waals surface area contributed by atoms with Crippen molar-refractivity contribution in [3.05, 3.63) is 0 Å². The molecule has 48 valence electrons. The van der Waals surface area contributed by atoms with Crippen molar-refractivity contribution in [2.24, 2.45) is 11.0 Å². The molecule has 8 heavy (non-hydrogen) atoms. The quantitative estimate of drug-likeness (QED) is 0.412. The molecule has 0 atom stereocenters. The van der Waals surface area contributed by atoms with Gasteiger partial charge >= 0.3 is 0 Å². The fraction of sp³-hybridized carbons (Fsp3) is 1.00. The Morgan fingerprint density at radius 1 is 1.50 bits per heavy atom. The molecular weight excluding hydrogens is 100 g/mol. The van der Waals surface area contributed by atoms with Gasteiger partial charge in [0.1, 0.15) is 6.54 Å². The second kappa shape index (κ2) is 4.75. The van der Waals surface area contributed by atoms with Gasteiger partial charge in [-0.25, -0.2) is 0 Å². The van der Waals surface area contributed by atoms with E-state index in [-0.39, 0.29) is 0 Å². The monoisotopic (exact) mass is 115 g/mol. The van der Waals surface area contributed by atoms with Gasteiger partial charge in [0.15, 0.2) is 0 Å². The molecular formula is C6H15N2+. The maximum absolute atomic E-state index is 4.94. The molecule has 0 aromatic heterocycles. The summed E-state index contributed by atoms with van der Waals surface area (Å²) in [7, 11) is 0. The lowest BCUT2D eigenvalue weighted by atomic mass is 10.1. The van der Waals surface area contributed by atoms with E-state index in [0.29, 0.717) is 0 Å². The molecule has 0 radical (unpaired) electrons. The Bertz CT molecular complexity index is 59.5. The lowest BCUT2D eigenvalue weighted by Gasteiger charge is -1.97. The number of rotatable bonds is 4. The zero-order valence-corrected chi connectivity index (χ0v) is 5.72. The first-order valence-corrected chi connectivity index (χ1v) is 3.14. The molecule has 0 heterocycles. The van der Waals surface area contributed by atoms with Crippen LogP contribution < -0.4 is 5.53 Å². The van der Waals surface area contributed by atoms with Crippen LogP contribution in [0.4, 0.5) is 0 Å². The van der Waals surface area contributed by atoms with Gasteiger partial charge in [-0.15, -0.1) is 0 Å². The van der Waals surface area contributed by atoms with E-state index in [1.807, 2.05) is 0 Å². The van der Waals surface area contributed by atoms with Crippen molar-refractivity contribution in [1.29, 1.82) is 0 Å². The Morgan fingerprint density at radius 3 is 2.50 bits per heavy atom. The van der Waals surface area contributed by atoms with Gasteiger partial charge < -0.3 is 0 Å². The molecule has 0 aliphatic heterocycles. The Labute approximate surface area is 50.8 Å². The van der Waals surface area contributed by atoms with Crippen molar-refractivity contribution in [1.82, 2.24) is 0 Å². The molecule has 0 aromatic rings. The Morgan fingerprint density at radius 2 is 2.12 bits per heavy atom. The third-order valence-corrected chi connectivity index (χ3v) is 1.07. The molecule has 0 amide bonds. The summed E-state index contributed by atoms with van der Waals surface area (Å²) in [4.78, 5) is 0. The van der Waals surface area contributed by atoms with E-state index >= 15 is 0 Å². The number of nitrogens with two attached hydrogens (primary N) is 1. The van der Waals surface area contributed by atoms with E-state index in [2.05, 4.69) is 19.0 Å². The van der Waals surface area contributed by atoms with Crippen molar-refractivity contribution in [3.8, 4) is 0 Å². The molecule has 0 spiro atoms. The first-order valence-electron chi connectivity index (χ1n) is 3.14. The summed E-state index contributed by atoms with van der Waals surface area (Å²) in [6, 6.07) is 0. The lowest BCUT2D eigenvalue weighted by Crippen LogP contribution is -2.24. The van der Waals surface area contributed by atoms with Crippen LogP contribution in [0.15, 0.2) is 5.11 Å². The molecule has 0 aromatic carbocycles. The first kappa shape index (κ1) is 7.60. The van der Waals surface area contributed by atoms with Crippen LogP contribution in [0.1, 0.15) is 26.7 Å². The minimum atomic E-state index is 0.789. The smallest absolute Gasteiger partial charge is 0.101 e. The average molecular weight is 115 g/mol. The molecule has 0 aliphatic carbocycles. The van der Waals surface area contributed by atoms with E-state index in [0.717, 1.165) is 18.9 Å².